The van der Waals surface area contributed by atoms with Crippen LogP contribution in [-0.2, 0) is 4.74 Å². The Bertz CT molecular complexity index is 123. The number of rotatable bonds is 3. The van der Waals surface area contributed by atoms with E-state index in [2.05, 4.69) is 6.58 Å². The monoisotopic (exact) mass is 126 g/mol. The minimum Gasteiger partial charge on any atom is -0.467 e. The third-order valence-corrected chi connectivity index (χ3v) is 1.11. The van der Waals surface area contributed by atoms with Gasteiger partial charge in [-0.3, -0.25) is 0 Å². The highest BCUT2D eigenvalue weighted by molar-refractivity contribution is 4.93. The van der Waals surface area contributed by atoms with Crippen LogP contribution in [-0.4, -0.2) is 0 Å². The molecule has 0 rings (SSSR count). The van der Waals surface area contributed by atoms with Gasteiger partial charge in [0.15, 0.2) is 0 Å². The largest absolute Gasteiger partial charge is 0.467 e. The molecule has 0 atom stereocenters. The molecule has 0 aromatic rings. The fourth-order valence-corrected chi connectivity index (χ4v) is 0.359. The highest BCUT2D eigenvalue weighted by Gasteiger charge is 1.89. The Morgan fingerprint density at radius 2 is 2.22 bits per heavy atom. The summed E-state index contributed by atoms with van der Waals surface area (Å²) in [6.07, 6.45) is 2.80. The van der Waals surface area contributed by atoms with Crippen molar-refractivity contribution >= 4 is 0 Å². The molecular formula is C8H14O. The van der Waals surface area contributed by atoms with Crippen molar-refractivity contribution in [2.45, 2.75) is 27.2 Å². The number of hydrogen-bond acceptors (Lipinski definition) is 1. The quantitative estimate of drug-likeness (QED) is 0.528. The summed E-state index contributed by atoms with van der Waals surface area (Å²) in [5.41, 5.74) is 0. The molecule has 0 fully saturated rings. The average molecular weight is 126 g/mol. The predicted molar refractivity (Wildman–Crippen MR) is 39.9 cm³/mol. The molecule has 0 aromatic carbocycles. The summed E-state index contributed by atoms with van der Waals surface area (Å²) in [6.45, 7) is 9.58. The lowest BCUT2D eigenvalue weighted by Crippen LogP contribution is -1.85. The SMILES string of the molecule is C=C(CC)O/C(C)=C\C. The Morgan fingerprint density at radius 3 is 2.56 bits per heavy atom. The standard InChI is InChI=1S/C8H14O/c1-5-7(3)9-8(4)6-2/h6H,3,5H2,1-2,4H3/b8-6-. The van der Waals surface area contributed by atoms with E-state index in [1.54, 1.807) is 0 Å². The molecule has 0 spiro atoms. The van der Waals surface area contributed by atoms with Gasteiger partial charge in [-0.2, -0.15) is 0 Å². The van der Waals surface area contributed by atoms with E-state index in [1.807, 2.05) is 26.8 Å². The van der Waals surface area contributed by atoms with Gasteiger partial charge in [-0.25, -0.2) is 0 Å². The Hall–Kier alpha value is -0.720. The Labute approximate surface area is 57.0 Å². The van der Waals surface area contributed by atoms with Crippen molar-refractivity contribution in [3.05, 3.63) is 24.2 Å². The molecule has 0 heterocycles. The fourth-order valence-electron chi connectivity index (χ4n) is 0.359. The third-order valence-electron chi connectivity index (χ3n) is 1.11. The molecule has 0 N–H and O–H groups in total. The zero-order chi connectivity index (χ0) is 7.28. The van der Waals surface area contributed by atoms with E-state index in [4.69, 9.17) is 4.74 Å². The highest BCUT2D eigenvalue weighted by Crippen LogP contribution is 2.05. The predicted octanol–water partition coefficient (Wildman–Crippen LogP) is 2.85. The molecule has 0 unspecified atom stereocenters. The first kappa shape index (κ1) is 8.28. The Balaban J connectivity index is 3.60. The summed E-state index contributed by atoms with van der Waals surface area (Å²) < 4.78 is 5.22. The zero-order valence-corrected chi connectivity index (χ0v) is 6.40. The lowest BCUT2D eigenvalue weighted by molar-refractivity contribution is 0.297. The molecule has 0 radical (unpaired) electrons. The molecular weight excluding hydrogens is 112 g/mol. The van der Waals surface area contributed by atoms with E-state index < -0.39 is 0 Å². The van der Waals surface area contributed by atoms with Gasteiger partial charge in [-0.05, 0) is 19.9 Å². The first-order chi connectivity index (χ1) is 4.20. The first-order valence-electron chi connectivity index (χ1n) is 3.19. The van der Waals surface area contributed by atoms with E-state index >= 15 is 0 Å². The summed E-state index contributed by atoms with van der Waals surface area (Å²) in [6, 6.07) is 0. The van der Waals surface area contributed by atoms with Gasteiger partial charge in [0, 0.05) is 6.42 Å². The van der Waals surface area contributed by atoms with Gasteiger partial charge in [0.1, 0.15) is 0 Å². The van der Waals surface area contributed by atoms with Crippen molar-refractivity contribution in [3.8, 4) is 0 Å². The molecule has 0 aromatic heterocycles. The van der Waals surface area contributed by atoms with Crippen LogP contribution in [0.2, 0.25) is 0 Å². The van der Waals surface area contributed by atoms with Crippen molar-refractivity contribution in [2.24, 2.45) is 0 Å². The van der Waals surface area contributed by atoms with Crippen molar-refractivity contribution < 1.29 is 4.74 Å². The topological polar surface area (TPSA) is 9.23 Å². The van der Waals surface area contributed by atoms with Crippen molar-refractivity contribution in [2.75, 3.05) is 0 Å². The maximum atomic E-state index is 5.22. The maximum Gasteiger partial charge on any atom is 0.0962 e. The van der Waals surface area contributed by atoms with Crippen LogP contribution in [0, 0.1) is 0 Å². The van der Waals surface area contributed by atoms with E-state index in [1.165, 1.54) is 0 Å². The van der Waals surface area contributed by atoms with Crippen LogP contribution < -0.4 is 0 Å². The second-order valence-electron chi connectivity index (χ2n) is 1.89. The van der Waals surface area contributed by atoms with Gasteiger partial charge in [-0.15, -0.1) is 0 Å². The zero-order valence-electron chi connectivity index (χ0n) is 6.40. The summed E-state index contributed by atoms with van der Waals surface area (Å²) in [7, 11) is 0. The molecule has 1 heteroatoms. The number of hydrogen-bond donors (Lipinski definition) is 0. The van der Waals surface area contributed by atoms with Crippen molar-refractivity contribution in [1.82, 2.24) is 0 Å². The van der Waals surface area contributed by atoms with Crippen LogP contribution in [0.5, 0.6) is 0 Å². The van der Waals surface area contributed by atoms with Gasteiger partial charge in [-0.1, -0.05) is 13.5 Å². The van der Waals surface area contributed by atoms with Crippen molar-refractivity contribution in [1.29, 1.82) is 0 Å². The minimum atomic E-state index is 0.825. The maximum absolute atomic E-state index is 5.22. The third kappa shape index (κ3) is 3.83. The molecule has 0 aliphatic heterocycles. The first-order valence-corrected chi connectivity index (χ1v) is 3.19. The van der Waals surface area contributed by atoms with Crippen LogP contribution in [0.1, 0.15) is 27.2 Å². The summed E-state index contributed by atoms with van der Waals surface area (Å²) >= 11 is 0. The molecule has 0 amide bonds. The number of ether oxygens (including phenoxy) is 1. The molecule has 0 saturated carbocycles. The van der Waals surface area contributed by atoms with E-state index in [9.17, 15) is 0 Å². The molecule has 0 aliphatic carbocycles. The van der Waals surface area contributed by atoms with Gasteiger partial charge in [0.2, 0.25) is 0 Å². The molecule has 9 heavy (non-hydrogen) atoms. The van der Waals surface area contributed by atoms with Crippen LogP contribution >= 0.6 is 0 Å². The van der Waals surface area contributed by atoms with E-state index in [0.717, 1.165) is 17.9 Å². The van der Waals surface area contributed by atoms with Crippen LogP contribution in [0.25, 0.3) is 0 Å². The van der Waals surface area contributed by atoms with Crippen LogP contribution in [0.3, 0.4) is 0 Å². The fraction of sp³-hybridized carbons (Fsp3) is 0.500. The average Bonchev–Trinajstić information content (AvgIpc) is 1.87. The molecule has 0 bridgehead atoms. The molecule has 0 aliphatic rings. The Morgan fingerprint density at radius 1 is 1.67 bits per heavy atom. The summed E-state index contributed by atoms with van der Waals surface area (Å²) in [5, 5.41) is 0. The molecule has 0 saturated heterocycles. The van der Waals surface area contributed by atoms with Crippen molar-refractivity contribution in [3.63, 3.8) is 0 Å². The number of allylic oxidation sites excluding steroid dienone is 3. The van der Waals surface area contributed by atoms with E-state index in [-0.39, 0.29) is 0 Å². The van der Waals surface area contributed by atoms with E-state index in [0.29, 0.717) is 0 Å². The highest BCUT2D eigenvalue weighted by atomic mass is 16.5. The summed E-state index contributed by atoms with van der Waals surface area (Å²) in [5.74, 6) is 1.74. The van der Waals surface area contributed by atoms with Gasteiger partial charge in [0.05, 0.1) is 11.5 Å². The second kappa shape index (κ2) is 4.19. The molecule has 52 valence electrons. The van der Waals surface area contributed by atoms with Crippen LogP contribution in [0.15, 0.2) is 24.2 Å². The summed E-state index contributed by atoms with van der Waals surface area (Å²) in [4.78, 5) is 0. The molecule has 1 nitrogen and oxygen atoms in total. The second-order valence-corrected chi connectivity index (χ2v) is 1.89. The smallest absolute Gasteiger partial charge is 0.0962 e. The van der Waals surface area contributed by atoms with Gasteiger partial charge in [0.25, 0.3) is 0 Å². The van der Waals surface area contributed by atoms with Crippen LogP contribution in [0.4, 0.5) is 0 Å². The minimum absolute atomic E-state index is 0.825. The van der Waals surface area contributed by atoms with Gasteiger partial charge < -0.3 is 4.74 Å². The Kier molecular flexibility index (Phi) is 3.85. The lowest BCUT2D eigenvalue weighted by Gasteiger charge is -2.04. The van der Waals surface area contributed by atoms with Gasteiger partial charge >= 0.3 is 0 Å². The normalized spacial score (nSPS) is 11.2. The lowest BCUT2D eigenvalue weighted by atomic mass is 10.4.